The van der Waals surface area contributed by atoms with E-state index in [2.05, 4.69) is 190 Å². The van der Waals surface area contributed by atoms with Gasteiger partial charge in [0.05, 0.1) is 5.69 Å². The van der Waals surface area contributed by atoms with E-state index >= 15 is 0 Å². The SMILES string of the molecule is CC1(C)c2ccc(-c3cccc4c3C(C)(C)c3ccccc3-4)cc2-c2ccc(N(c3ccc(C4CCCCC4)cc3)c3ccccc3-c3ccccc3)cc21. The molecule has 1 saturated carbocycles. The molecule has 0 bridgehead atoms. The fourth-order valence-corrected chi connectivity index (χ4v) is 10.4. The summed E-state index contributed by atoms with van der Waals surface area (Å²) in [5.74, 6) is 0.676. The first-order valence-electron chi connectivity index (χ1n) is 20.4. The van der Waals surface area contributed by atoms with Crippen molar-refractivity contribution in [1.82, 2.24) is 0 Å². The second kappa shape index (κ2) is 13.0. The van der Waals surface area contributed by atoms with Gasteiger partial charge in [0.1, 0.15) is 0 Å². The minimum Gasteiger partial charge on any atom is -0.310 e. The molecule has 55 heavy (non-hydrogen) atoms. The Labute approximate surface area is 327 Å². The summed E-state index contributed by atoms with van der Waals surface area (Å²) >= 11 is 0. The number of anilines is 3. The summed E-state index contributed by atoms with van der Waals surface area (Å²) in [7, 11) is 0. The number of rotatable bonds is 6. The molecule has 0 unspecified atom stereocenters. The zero-order valence-electron chi connectivity index (χ0n) is 32.6. The van der Waals surface area contributed by atoms with Crippen LogP contribution in [-0.4, -0.2) is 0 Å². The molecular weight excluding hydrogens is 663 g/mol. The maximum atomic E-state index is 2.49. The van der Waals surface area contributed by atoms with Gasteiger partial charge in [-0.25, -0.2) is 0 Å². The van der Waals surface area contributed by atoms with E-state index in [1.807, 2.05) is 0 Å². The van der Waals surface area contributed by atoms with Crippen LogP contribution in [0.15, 0.2) is 158 Å². The largest absolute Gasteiger partial charge is 0.310 e. The predicted molar refractivity (Wildman–Crippen MR) is 233 cm³/mol. The smallest absolute Gasteiger partial charge is 0.0540 e. The van der Waals surface area contributed by atoms with Crippen LogP contribution in [0.2, 0.25) is 0 Å². The van der Waals surface area contributed by atoms with Gasteiger partial charge < -0.3 is 4.90 Å². The zero-order valence-corrected chi connectivity index (χ0v) is 32.6. The van der Waals surface area contributed by atoms with E-state index in [1.165, 1.54) is 121 Å². The highest BCUT2D eigenvalue weighted by Gasteiger charge is 2.39. The zero-order chi connectivity index (χ0) is 37.3. The highest BCUT2D eigenvalue weighted by Crippen LogP contribution is 2.55. The van der Waals surface area contributed by atoms with E-state index in [1.54, 1.807) is 0 Å². The van der Waals surface area contributed by atoms with E-state index in [9.17, 15) is 0 Å². The summed E-state index contributed by atoms with van der Waals surface area (Å²) in [6.07, 6.45) is 6.68. The maximum absolute atomic E-state index is 2.49. The van der Waals surface area contributed by atoms with Crippen LogP contribution in [0.5, 0.6) is 0 Å². The van der Waals surface area contributed by atoms with Crippen molar-refractivity contribution in [2.24, 2.45) is 0 Å². The van der Waals surface area contributed by atoms with Crippen molar-refractivity contribution in [3.8, 4) is 44.5 Å². The van der Waals surface area contributed by atoms with Gasteiger partial charge in [-0.15, -0.1) is 0 Å². The second-order valence-corrected chi connectivity index (χ2v) is 17.2. The van der Waals surface area contributed by atoms with Gasteiger partial charge in [-0.3, -0.25) is 0 Å². The van der Waals surface area contributed by atoms with Gasteiger partial charge in [0.2, 0.25) is 0 Å². The summed E-state index contributed by atoms with van der Waals surface area (Å²) in [5, 5.41) is 0. The molecule has 0 saturated heterocycles. The minimum absolute atomic E-state index is 0.0677. The van der Waals surface area contributed by atoms with Crippen molar-refractivity contribution < 1.29 is 0 Å². The van der Waals surface area contributed by atoms with Gasteiger partial charge in [0.25, 0.3) is 0 Å². The van der Waals surface area contributed by atoms with Crippen LogP contribution in [0.3, 0.4) is 0 Å². The second-order valence-electron chi connectivity index (χ2n) is 17.2. The van der Waals surface area contributed by atoms with Crippen LogP contribution in [0.4, 0.5) is 17.1 Å². The highest BCUT2D eigenvalue weighted by molar-refractivity contribution is 5.93. The van der Waals surface area contributed by atoms with Crippen LogP contribution in [0.1, 0.15) is 93.5 Å². The maximum Gasteiger partial charge on any atom is 0.0540 e. The lowest BCUT2D eigenvalue weighted by Gasteiger charge is -2.30. The molecule has 0 spiro atoms. The lowest BCUT2D eigenvalue weighted by atomic mass is 9.78. The molecule has 0 atom stereocenters. The molecule has 1 nitrogen and oxygen atoms in total. The molecule has 7 aromatic carbocycles. The summed E-state index contributed by atoms with van der Waals surface area (Å²) in [4.78, 5) is 2.49. The first-order chi connectivity index (χ1) is 26.8. The molecule has 0 N–H and O–H groups in total. The van der Waals surface area contributed by atoms with Crippen molar-refractivity contribution in [3.05, 3.63) is 186 Å². The Kier molecular flexibility index (Phi) is 8.00. The molecule has 270 valence electrons. The first kappa shape index (κ1) is 33.9. The normalized spacial score (nSPS) is 16.2. The molecular formula is C54H49N. The van der Waals surface area contributed by atoms with Gasteiger partial charge in [-0.2, -0.15) is 0 Å². The van der Waals surface area contributed by atoms with Gasteiger partial charge in [-0.05, 0) is 122 Å². The van der Waals surface area contributed by atoms with Crippen molar-refractivity contribution >= 4 is 17.1 Å². The third kappa shape index (κ3) is 5.42. The van der Waals surface area contributed by atoms with E-state index < -0.39 is 0 Å². The Balaban J connectivity index is 1.09. The standard InChI is InChI=1S/C54H49N/c1-53(2)49-33-28-39(43-22-15-23-46-44-21-11-13-24-48(44)54(3,4)52(43)46)34-47(49)45-32-31-41(35-50(45)53)55(40-29-26-37(27-30-40)36-16-7-5-8-17-36)51-25-14-12-20-42(51)38-18-9-6-10-19-38/h6,9-15,18-36H,5,7-8,16-17H2,1-4H3. The van der Waals surface area contributed by atoms with Crippen LogP contribution < -0.4 is 4.90 Å². The molecule has 1 heteroatoms. The monoisotopic (exact) mass is 711 g/mol. The molecule has 0 aliphatic heterocycles. The number of benzene rings is 7. The Bertz CT molecular complexity index is 2560. The van der Waals surface area contributed by atoms with E-state index in [0.29, 0.717) is 5.92 Å². The number of hydrogen-bond donors (Lipinski definition) is 0. The topological polar surface area (TPSA) is 3.24 Å². The number of fused-ring (bicyclic) bond motifs is 6. The molecule has 0 aromatic heterocycles. The Morgan fingerprint density at radius 1 is 0.418 bits per heavy atom. The average Bonchev–Trinajstić information content (AvgIpc) is 3.61. The predicted octanol–water partition coefficient (Wildman–Crippen LogP) is 15.2. The molecule has 0 heterocycles. The van der Waals surface area contributed by atoms with E-state index in [0.717, 1.165) is 0 Å². The highest BCUT2D eigenvalue weighted by atomic mass is 15.1. The molecule has 1 fully saturated rings. The molecule has 0 radical (unpaired) electrons. The molecule has 10 rings (SSSR count). The van der Waals surface area contributed by atoms with Crippen molar-refractivity contribution in [1.29, 1.82) is 0 Å². The molecule has 0 amide bonds. The summed E-state index contributed by atoms with van der Waals surface area (Å²) in [5.41, 5.74) is 21.0. The lowest BCUT2D eigenvalue weighted by Crippen LogP contribution is -2.17. The van der Waals surface area contributed by atoms with Crippen molar-refractivity contribution in [2.75, 3.05) is 4.90 Å². The summed E-state index contributed by atoms with van der Waals surface area (Å²) in [6.45, 7) is 9.59. The fourth-order valence-electron chi connectivity index (χ4n) is 10.4. The molecule has 7 aromatic rings. The van der Waals surface area contributed by atoms with Crippen LogP contribution in [0.25, 0.3) is 44.5 Å². The quantitative estimate of drug-likeness (QED) is 0.166. The van der Waals surface area contributed by atoms with E-state index in [4.69, 9.17) is 0 Å². The number of nitrogens with zero attached hydrogens (tertiary/aromatic N) is 1. The fraction of sp³-hybridized carbons (Fsp3) is 0.222. The van der Waals surface area contributed by atoms with E-state index in [-0.39, 0.29) is 10.8 Å². The van der Waals surface area contributed by atoms with Gasteiger partial charge in [0, 0.05) is 27.8 Å². The molecule has 3 aliphatic carbocycles. The average molecular weight is 712 g/mol. The van der Waals surface area contributed by atoms with Crippen molar-refractivity contribution in [2.45, 2.75) is 76.5 Å². The van der Waals surface area contributed by atoms with Crippen LogP contribution in [0, 0.1) is 0 Å². The summed E-state index contributed by atoms with van der Waals surface area (Å²) in [6, 6.07) is 59.6. The Morgan fingerprint density at radius 2 is 1.05 bits per heavy atom. The van der Waals surface area contributed by atoms with Gasteiger partial charge >= 0.3 is 0 Å². The first-order valence-corrected chi connectivity index (χ1v) is 20.4. The summed E-state index contributed by atoms with van der Waals surface area (Å²) < 4.78 is 0. The third-order valence-electron chi connectivity index (χ3n) is 13.3. The molecule has 3 aliphatic rings. The lowest BCUT2D eigenvalue weighted by molar-refractivity contribution is 0.443. The minimum atomic E-state index is -0.150. The van der Waals surface area contributed by atoms with Gasteiger partial charge in [-0.1, -0.05) is 168 Å². The Morgan fingerprint density at radius 3 is 1.85 bits per heavy atom. The van der Waals surface area contributed by atoms with Crippen molar-refractivity contribution in [3.63, 3.8) is 0 Å². The Hall–Kier alpha value is -5.66. The van der Waals surface area contributed by atoms with Gasteiger partial charge in [0.15, 0.2) is 0 Å². The number of hydrogen-bond acceptors (Lipinski definition) is 1. The number of para-hydroxylation sites is 1. The van der Waals surface area contributed by atoms with Crippen LogP contribution >= 0.6 is 0 Å². The van der Waals surface area contributed by atoms with Crippen LogP contribution in [-0.2, 0) is 10.8 Å². The third-order valence-corrected chi connectivity index (χ3v) is 13.3.